The second kappa shape index (κ2) is 6.46. The molecule has 1 atom stereocenters. The third-order valence-electron chi connectivity index (χ3n) is 6.25. The van der Waals surface area contributed by atoms with Crippen LogP contribution in [-0.2, 0) is 22.6 Å². The minimum absolute atomic E-state index is 0.0291. The number of fused-ring (bicyclic) bond motifs is 2. The first-order chi connectivity index (χ1) is 13.6. The average Bonchev–Trinajstić information content (AvgIpc) is 3.28. The molecule has 5 rings (SSSR count). The molecule has 1 saturated heterocycles. The summed E-state index contributed by atoms with van der Waals surface area (Å²) in [6.07, 6.45) is 4.87. The van der Waals surface area contributed by atoms with Gasteiger partial charge in [0.2, 0.25) is 11.8 Å². The molecule has 2 aromatic heterocycles. The maximum Gasteiger partial charge on any atom is 0.277 e. The quantitative estimate of drug-likeness (QED) is 0.867. The van der Waals surface area contributed by atoms with Crippen molar-refractivity contribution in [2.45, 2.75) is 58.0 Å². The second-order valence-electron chi connectivity index (χ2n) is 8.13. The van der Waals surface area contributed by atoms with E-state index < -0.39 is 0 Å². The number of nitrogens with one attached hydrogen (secondary N) is 1. The molecule has 3 aliphatic rings. The van der Waals surface area contributed by atoms with Crippen molar-refractivity contribution < 1.29 is 9.59 Å². The van der Waals surface area contributed by atoms with Gasteiger partial charge in [0, 0.05) is 37.9 Å². The molecule has 2 aliphatic heterocycles. The van der Waals surface area contributed by atoms with Gasteiger partial charge in [0.1, 0.15) is 0 Å². The summed E-state index contributed by atoms with van der Waals surface area (Å²) in [6, 6.07) is 1.87. The molecule has 1 saturated carbocycles. The van der Waals surface area contributed by atoms with E-state index in [1.165, 1.54) is 4.52 Å². The van der Waals surface area contributed by atoms with E-state index in [9.17, 15) is 14.4 Å². The Bertz CT molecular complexity index is 1020. The summed E-state index contributed by atoms with van der Waals surface area (Å²) in [5.74, 6) is 0.458. The van der Waals surface area contributed by atoms with Gasteiger partial charge in [0.05, 0.1) is 29.5 Å². The maximum atomic E-state index is 13.1. The van der Waals surface area contributed by atoms with Gasteiger partial charge in [-0.2, -0.15) is 0 Å². The average molecular weight is 383 g/mol. The summed E-state index contributed by atoms with van der Waals surface area (Å²) in [5.41, 5.74) is 2.72. The first-order valence-corrected chi connectivity index (χ1v) is 10.3. The zero-order valence-electron chi connectivity index (χ0n) is 16.1. The van der Waals surface area contributed by atoms with Crippen LogP contribution in [0.1, 0.15) is 62.0 Å². The standard InChI is InChI=1S/C20H25N5O3/c1-2-18(26)24-8-3-4-16(24)15-10-17-21-14-7-9-23(19(27)12-5-6-12)11-13(14)20(28)25(17)22-15/h10,12,16,22H,2-9,11H2,1H3. The number of H-pyrrole nitrogens is 1. The number of hydrogen-bond donors (Lipinski definition) is 1. The van der Waals surface area contributed by atoms with Crippen molar-refractivity contribution in [2.24, 2.45) is 5.92 Å². The molecule has 2 amide bonds. The summed E-state index contributed by atoms with van der Waals surface area (Å²) < 4.78 is 1.48. The summed E-state index contributed by atoms with van der Waals surface area (Å²) in [5, 5.41) is 3.19. The molecule has 2 fully saturated rings. The second-order valence-corrected chi connectivity index (χ2v) is 8.13. The van der Waals surface area contributed by atoms with E-state index in [1.54, 1.807) is 4.90 Å². The minimum Gasteiger partial charge on any atom is -0.337 e. The van der Waals surface area contributed by atoms with Crippen LogP contribution in [0.2, 0.25) is 0 Å². The Balaban J connectivity index is 1.50. The summed E-state index contributed by atoms with van der Waals surface area (Å²) in [7, 11) is 0. The molecule has 0 bridgehead atoms. The lowest BCUT2D eigenvalue weighted by Gasteiger charge is -2.27. The van der Waals surface area contributed by atoms with Crippen LogP contribution in [0, 0.1) is 5.92 Å². The highest BCUT2D eigenvalue weighted by Crippen LogP contribution is 2.33. The van der Waals surface area contributed by atoms with Crippen molar-refractivity contribution >= 4 is 17.5 Å². The van der Waals surface area contributed by atoms with Gasteiger partial charge in [0.25, 0.3) is 5.56 Å². The zero-order chi connectivity index (χ0) is 19.4. The van der Waals surface area contributed by atoms with Gasteiger partial charge < -0.3 is 9.80 Å². The number of likely N-dealkylation sites (tertiary alicyclic amines) is 1. The summed E-state index contributed by atoms with van der Waals surface area (Å²) >= 11 is 0. The number of amides is 2. The zero-order valence-corrected chi connectivity index (χ0v) is 16.1. The number of nitrogens with zero attached hydrogens (tertiary/aromatic N) is 4. The van der Waals surface area contributed by atoms with Gasteiger partial charge >= 0.3 is 0 Å². The Morgan fingerprint density at radius 1 is 1.25 bits per heavy atom. The topological polar surface area (TPSA) is 90.8 Å². The Morgan fingerprint density at radius 2 is 2.07 bits per heavy atom. The summed E-state index contributed by atoms with van der Waals surface area (Å²) in [4.78, 5) is 46.1. The number of carbonyl (C=O) groups is 2. The number of hydrogen-bond acceptors (Lipinski definition) is 4. The van der Waals surface area contributed by atoms with Gasteiger partial charge in [-0.25, -0.2) is 9.50 Å². The molecule has 1 aliphatic carbocycles. The van der Waals surface area contributed by atoms with Crippen molar-refractivity contribution in [1.29, 1.82) is 0 Å². The molecule has 2 aromatic rings. The highest BCUT2D eigenvalue weighted by Gasteiger charge is 2.36. The third-order valence-corrected chi connectivity index (χ3v) is 6.25. The smallest absolute Gasteiger partial charge is 0.277 e. The van der Waals surface area contributed by atoms with Crippen molar-refractivity contribution in [3.05, 3.63) is 33.4 Å². The van der Waals surface area contributed by atoms with Gasteiger partial charge in [0.15, 0.2) is 5.65 Å². The van der Waals surface area contributed by atoms with Crippen molar-refractivity contribution in [1.82, 2.24) is 24.4 Å². The van der Waals surface area contributed by atoms with Crippen molar-refractivity contribution in [2.75, 3.05) is 13.1 Å². The van der Waals surface area contributed by atoms with Crippen molar-refractivity contribution in [3.8, 4) is 0 Å². The van der Waals surface area contributed by atoms with E-state index in [4.69, 9.17) is 4.98 Å². The van der Waals surface area contributed by atoms with Crippen LogP contribution in [0.3, 0.4) is 0 Å². The van der Waals surface area contributed by atoms with E-state index in [0.717, 1.165) is 43.6 Å². The number of aromatic nitrogens is 3. The molecule has 1 unspecified atom stereocenters. The molecule has 8 nitrogen and oxygen atoms in total. The van der Waals surface area contributed by atoms with E-state index in [-0.39, 0.29) is 29.3 Å². The Kier molecular flexibility index (Phi) is 4.03. The molecule has 1 N–H and O–H groups in total. The third kappa shape index (κ3) is 2.73. The molecule has 0 radical (unpaired) electrons. The first kappa shape index (κ1) is 17.5. The van der Waals surface area contributed by atoms with E-state index in [1.807, 2.05) is 17.9 Å². The molecule has 0 aromatic carbocycles. The highest BCUT2D eigenvalue weighted by atomic mass is 16.2. The summed E-state index contributed by atoms with van der Waals surface area (Å²) in [6.45, 7) is 3.60. The first-order valence-electron chi connectivity index (χ1n) is 10.3. The molecule has 28 heavy (non-hydrogen) atoms. The SMILES string of the molecule is CCC(=O)N1CCCC1c1cc2nc3c(c(=O)n2[nH]1)CN(C(=O)C1CC1)CC3. The van der Waals surface area contributed by atoms with Gasteiger partial charge in [-0.1, -0.05) is 6.92 Å². The van der Waals surface area contributed by atoms with E-state index in [0.29, 0.717) is 37.1 Å². The predicted octanol–water partition coefficient (Wildman–Crippen LogP) is 1.39. The van der Waals surface area contributed by atoms with Crippen molar-refractivity contribution in [3.63, 3.8) is 0 Å². The number of rotatable bonds is 3. The Morgan fingerprint density at radius 3 is 2.82 bits per heavy atom. The lowest BCUT2D eigenvalue weighted by molar-refractivity contribution is -0.133. The van der Waals surface area contributed by atoms with Crippen LogP contribution in [0.15, 0.2) is 10.9 Å². The number of carbonyl (C=O) groups excluding carboxylic acids is 2. The maximum absolute atomic E-state index is 13.1. The van der Waals surface area contributed by atoms with Crippen LogP contribution in [0.5, 0.6) is 0 Å². The van der Waals surface area contributed by atoms with Gasteiger partial charge in [-0.15, -0.1) is 0 Å². The van der Waals surface area contributed by atoms with Gasteiger partial charge in [-0.3, -0.25) is 19.5 Å². The minimum atomic E-state index is -0.133. The lowest BCUT2D eigenvalue weighted by Crippen LogP contribution is -2.40. The monoisotopic (exact) mass is 383 g/mol. The van der Waals surface area contributed by atoms with Crippen LogP contribution in [0.25, 0.3) is 5.65 Å². The number of aromatic amines is 1. The van der Waals surface area contributed by atoms with Crippen LogP contribution < -0.4 is 5.56 Å². The molecule has 148 valence electrons. The normalized spacial score (nSPS) is 22.0. The van der Waals surface area contributed by atoms with Gasteiger partial charge in [-0.05, 0) is 25.7 Å². The molecule has 0 spiro atoms. The highest BCUT2D eigenvalue weighted by molar-refractivity contribution is 5.81. The van der Waals surface area contributed by atoms with E-state index in [2.05, 4.69) is 5.10 Å². The molecule has 8 heteroatoms. The molecular weight excluding hydrogens is 358 g/mol. The fourth-order valence-corrected chi connectivity index (χ4v) is 4.54. The van der Waals surface area contributed by atoms with E-state index >= 15 is 0 Å². The Hall–Kier alpha value is -2.64. The Labute approximate surface area is 162 Å². The lowest BCUT2D eigenvalue weighted by atomic mass is 10.1. The molecule has 4 heterocycles. The predicted molar refractivity (Wildman–Crippen MR) is 102 cm³/mol. The van der Waals surface area contributed by atoms with Crippen LogP contribution in [0.4, 0.5) is 0 Å². The van der Waals surface area contributed by atoms with Crippen LogP contribution in [-0.4, -0.2) is 49.3 Å². The largest absolute Gasteiger partial charge is 0.337 e. The molecular formula is C20H25N5O3. The fraction of sp³-hybridized carbons (Fsp3) is 0.600. The van der Waals surface area contributed by atoms with Crippen LogP contribution >= 0.6 is 0 Å². The fourth-order valence-electron chi connectivity index (χ4n) is 4.54.